The van der Waals surface area contributed by atoms with Crippen molar-refractivity contribution in [3.05, 3.63) is 34.9 Å². The molecular formula is C26H36ClN3O3. The van der Waals surface area contributed by atoms with Gasteiger partial charge in [0.25, 0.3) is 0 Å². The molecule has 0 bridgehead atoms. The van der Waals surface area contributed by atoms with Crippen molar-refractivity contribution in [1.29, 1.82) is 0 Å². The van der Waals surface area contributed by atoms with Gasteiger partial charge in [0, 0.05) is 62.3 Å². The van der Waals surface area contributed by atoms with Crippen molar-refractivity contribution < 1.29 is 14.6 Å². The molecule has 33 heavy (non-hydrogen) atoms. The maximum Gasteiger partial charge on any atom is 0.223 e. The lowest BCUT2D eigenvalue weighted by atomic mass is 9.98. The molecule has 6 nitrogen and oxygen atoms in total. The number of hydrogen-bond donors (Lipinski definition) is 1. The topological polar surface area (TPSA) is 65.9 Å². The second-order valence-corrected chi connectivity index (χ2v) is 10.0. The van der Waals surface area contributed by atoms with E-state index in [4.69, 9.17) is 21.3 Å². The van der Waals surface area contributed by atoms with E-state index >= 15 is 0 Å². The molecule has 1 unspecified atom stereocenters. The Balaban J connectivity index is 1.65. The fourth-order valence-corrected chi connectivity index (χ4v) is 5.43. The quantitative estimate of drug-likeness (QED) is 0.574. The summed E-state index contributed by atoms with van der Waals surface area (Å²) in [6.07, 6.45) is 7.45. The molecule has 2 aliphatic rings. The monoisotopic (exact) mass is 473 g/mol. The summed E-state index contributed by atoms with van der Waals surface area (Å²) < 4.78 is 5.33. The second-order valence-electron chi connectivity index (χ2n) is 9.61. The molecule has 0 radical (unpaired) electrons. The normalized spacial score (nSPS) is 19.4. The Morgan fingerprint density at radius 1 is 1.21 bits per heavy atom. The molecule has 1 aliphatic heterocycles. The van der Waals surface area contributed by atoms with E-state index in [0.29, 0.717) is 37.1 Å². The third kappa shape index (κ3) is 6.17. The molecule has 1 saturated carbocycles. The minimum atomic E-state index is 0.186. The van der Waals surface area contributed by atoms with Gasteiger partial charge in [-0.2, -0.15) is 0 Å². The molecule has 2 heterocycles. The van der Waals surface area contributed by atoms with Crippen LogP contribution in [0.3, 0.4) is 0 Å². The highest BCUT2D eigenvalue weighted by Crippen LogP contribution is 2.31. The van der Waals surface area contributed by atoms with E-state index in [1.165, 1.54) is 12.8 Å². The minimum absolute atomic E-state index is 0.186. The van der Waals surface area contributed by atoms with Crippen molar-refractivity contribution in [3.63, 3.8) is 0 Å². The zero-order chi connectivity index (χ0) is 23.2. The van der Waals surface area contributed by atoms with E-state index in [0.717, 1.165) is 61.1 Å². The number of amides is 1. The molecule has 0 spiro atoms. The Labute approximate surface area is 201 Å². The number of ether oxygens (including phenoxy) is 1. The first-order valence-corrected chi connectivity index (χ1v) is 12.7. The summed E-state index contributed by atoms with van der Waals surface area (Å²) in [6.45, 7) is 3.45. The fourth-order valence-electron chi connectivity index (χ4n) is 5.26. The number of piperidine rings is 1. The highest BCUT2D eigenvalue weighted by Gasteiger charge is 2.26. The molecule has 1 aromatic carbocycles. The van der Waals surface area contributed by atoms with Gasteiger partial charge in [-0.1, -0.05) is 30.5 Å². The van der Waals surface area contributed by atoms with Gasteiger partial charge in [-0.05, 0) is 55.7 Å². The number of carbonyl (C=O) groups is 1. The van der Waals surface area contributed by atoms with Crippen LogP contribution in [-0.4, -0.2) is 60.9 Å². The van der Waals surface area contributed by atoms with Crippen LogP contribution in [0.1, 0.15) is 50.5 Å². The average molecular weight is 474 g/mol. The second kappa shape index (κ2) is 11.5. The van der Waals surface area contributed by atoms with Gasteiger partial charge in [-0.25, -0.2) is 4.98 Å². The van der Waals surface area contributed by atoms with Gasteiger partial charge in [0.05, 0.1) is 12.1 Å². The fraction of sp³-hybridized carbons (Fsp3) is 0.615. The smallest absolute Gasteiger partial charge is 0.223 e. The summed E-state index contributed by atoms with van der Waals surface area (Å²) in [5.74, 6) is 1.86. The summed E-state index contributed by atoms with van der Waals surface area (Å²) in [7, 11) is 1.68. The highest BCUT2D eigenvalue weighted by atomic mass is 35.5. The molecule has 1 aliphatic carbocycles. The van der Waals surface area contributed by atoms with Crippen molar-refractivity contribution >= 4 is 34.2 Å². The number of anilines is 1. The first kappa shape index (κ1) is 24.2. The van der Waals surface area contributed by atoms with Crippen LogP contribution < -0.4 is 4.90 Å². The standard InChI is InChI=1S/C26H36ClN3O3/c1-33-12-11-29(25(32)13-19-5-2-3-6-19)17-22-14-21-8-9-23(27)15-24(21)28-26(22)30-10-4-7-20(16-30)18-31/h8-9,14-15,19-20,31H,2-7,10-13,16-18H2,1H3. The Morgan fingerprint density at radius 3 is 2.76 bits per heavy atom. The first-order valence-electron chi connectivity index (χ1n) is 12.3. The molecule has 2 aromatic rings. The Hall–Kier alpha value is -1.89. The molecule has 1 atom stereocenters. The Bertz CT molecular complexity index is 948. The number of rotatable bonds is 9. The van der Waals surface area contributed by atoms with Crippen molar-refractivity contribution in [2.45, 2.75) is 51.5 Å². The van der Waals surface area contributed by atoms with Gasteiger partial charge in [0.1, 0.15) is 5.82 Å². The van der Waals surface area contributed by atoms with Gasteiger partial charge < -0.3 is 19.6 Å². The van der Waals surface area contributed by atoms with Crippen LogP contribution in [0.2, 0.25) is 5.02 Å². The average Bonchev–Trinajstić information content (AvgIpc) is 3.34. The summed E-state index contributed by atoms with van der Waals surface area (Å²) in [5, 5.41) is 11.4. The summed E-state index contributed by atoms with van der Waals surface area (Å²) in [4.78, 5) is 22.5. The molecule has 1 amide bonds. The zero-order valence-corrected chi connectivity index (χ0v) is 20.4. The van der Waals surface area contributed by atoms with Crippen molar-refractivity contribution in [1.82, 2.24) is 9.88 Å². The predicted octanol–water partition coefficient (Wildman–Crippen LogP) is 4.65. The number of halogens is 1. The van der Waals surface area contributed by atoms with Crippen LogP contribution in [0.25, 0.3) is 10.9 Å². The lowest BCUT2D eigenvalue weighted by Crippen LogP contribution is -2.39. The van der Waals surface area contributed by atoms with E-state index in [1.54, 1.807) is 7.11 Å². The molecule has 1 N–H and O–H groups in total. The number of aliphatic hydroxyl groups excluding tert-OH is 1. The van der Waals surface area contributed by atoms with Gasteiger partial charge in [0.15, 0.2) is 0 Å². The van der Waals surface area contributed by atoms with Crippen LogP contribution in [0.5, 0.6) is 0 Å². The number of fused-ring (bicyclic) bond motifs is 1. The number of pyridine rings is 1. The van der Waals surface area contributed by atoms with Gasteiger partial charge in [0.2, 0.25) is 5.91 Å². The van der Waals surface area contributed by atoms with Gasteiger partial charge in [-0.3, -0.25) is 4.79 Å². The number of aromatic nitrogens is 1. The van der Waals surface area contributed by atoms with Crippen molar-refractivity contribution in [2.24, 2.45) is 11.8 Å². The van der Waals surface area contributed by atoms with Gasteiger partial charge >= 0.3 is 0 Å². The number of nitrogens with zero attached hydrogens (tertiary/aromatic N) is 3. The summed E-state index contributed by atoms with van der Waals surface area (Å²) >= 11 is 6.25. The van der Waals surface area contributed by atoms with E-state index in [1.807, 2.05) is 23.1 Å². The number of carbonyl (C=O) groups excluding carboxylic acids is 1. The Kier molecular flexibility index (Phi) is 8.45. The van der Waals surface area contributed by atoms with Gasteiger partial charge in [-0.15, -0.1) is 0 Å². The van der Waals surface area contributed by atoms with Crippen LogP contribution >= 0.6 is 11.6 Å². The molecule has 7 heteroatoms. The number of aliphatic hydroxyl groups is 1. The van der Waals surface area contributed by atoms with E-state index in [2.05, 4.69) is 11.0 Å². The first-order chi connectivity index (χ1) is 16.1. The molecule has 1 aromatic heterocycles. The van der Waals surface area contributed by atoms with E-state index < -0.39 is 0 Å². The molecule has 1 saturated heterocycles. The molecule has 2 fully saturated rings. The predicted molar refractivity (Wildman–Crippen MR) is 133 cm³/mol. The lowest BCUT2D eigenvalue weighted by molar-refractivity contribution is -0.133. The van der Waals surface area contributed by atoms with Crippen LogP contribution in [-0.2, 0) is 16.1 Å². The molecule has 180 valence electrons. The third-order valence-electron chi connectivity index (χ3n) is 7.13. The third-order valence-corrected chi connectivity index (χ3v) is 7.36. The van der Waals surface area contributed by atoms with Crippen LogP contribution in [0.4, 0.5) is 5.82 Å². The van der Waals surface area contributed by atoms with E-state index in [9.17, 15) is 9.90 Å². The van der Waals surface area contributed by atoms with Crippen LogP contribution in [0.15, 0.2) is 24.3 Å². The number of benzene rings is 1. The highest BCUT2D eigenvalue weighted by molar-refractivity contribution is 6.31. The number of hydrogen-bond acceptors (Lipinski definition) is 5. The van der Waals surface area contributed by atoms with Crippen LogP contribution in [0, 0.1) is 11.8 Å². The zero-order valence-electron chi connectivity index (χ0n) is 19.6. The van der Waals surface area contributed by atoms with E-state index in [-0.39, 0.29) is 18.4 Å². The van der Waals surface area contributed by atoms with Crippen molar-refractivity contribution in [3.8, 4) is 0 Å². The maximum atomic E-state index is 13.3. The number of methoxy groups -OCH3 is 1. The summed E-state index contributed by atoms with van der Waals surface area (Å²) in [5.41, 5.74) is 1.90. The SMILES string of the molecule is COCCN(Cc1cc2ccc(Cl)cc2nc1N1CCCC(CO)C1)C(=O)CC1CCCC1. The minimum Gasteiger partial charge on any atom is -0.396 e. The summed E-state index contributed by atoms with van der Waals surface area (Å²) in [6, 6.07) is 7.92. The molecular weight excluding hydrogens is 438 g/mol. The Morgan fingerprint density at radius 2 is 2.00 bits per heavy atom. The largest absolute Gasteiger partial charge is 0.396 e. The van der Waals surface area contributed by atoms with Crippen molar-refractivity contribution in [2.75, 3.05) is 44.9 Å². The lowest BCUT2D eigenvalue weighted by Gasteiger charge is -2.35. The molecule has 4 rings (SSSR count). The maximum absolute atomic E-state index is 13.3.